The number of hydrogen-bond acceptors (Lipinski definition) is 6. The van der Waals surface area contributed by atoms with Crippen molar-refractivity contribution in [1.29, 1.82) is 0 Å². The summed E-state index contributed by atoms with van der Waals surface area (Å²) in [4.78, 5) is 39.2. The van der Waals surface area contributed by atoms with Gasteiger partial charge < -0.3 is 29.9 Å². The maximum absolute atomic E-state index is 4.95. The fourth-order valence-corrected chi connectivity index (χ4v) is 5.73. The van der Waals surface area contributed by atoms with Gasteiger partial charge in [0.15, 0.2) is 0 Å². The Balaban J connectivity index is 0.00000215. The van der Waals surface area contributed by atoms with Gasteiger partial charge in [0.25, 0.3) is 0 Å². The number of fused-ring (bicyclic) bond motifs is 18. The molecule has 179 valence electrons. The van der Waals surface area contributed by atoms with Crippen LogP contribution in [0, 0.1) is 0 Å². The van der Waals surface area contributed by atoms with Crippen LogP contribution in [0.4, 0.5) is 0 Å². The SMILES string of the molecule is C1=CC2=C(C1)c1nc2nc2[n-]c(nc3nc(nc4[n-]c(n1)c1c4CC=C1)C1=C3C=CC1)c1c2C=CC1.[Cu+2]. The van der Waals surface area contributed by atoms with Gasteiger partial charge in [-0.05, 0) is 59.1 Å². The van der Waals surface area contributed by atoms with Crippen molar-refractivity contribution in [2.75, 3.05) is 0 Å². The van der Waals surface area contributed by atoms with Crippen molar-refractivity contribution in [2.24, 2.45) is 0 Å². The first kappa shape index (κ1) is 20.9. The van der Waals surface area contributed by atoms with Crippen LogP contribution >= 0.6 is 0 Å². The van der Waals surface area contributed by atoms with Crippen molar-refractivity contribution in [3.05, 3.63) is 82.0 Å². The Morgan fingerprint density at radius 1 is 0.459 bits per heavy atom. The number of nitrogens with zero attached hydrogens (tertiary/aromatic N) is 8. The summed E-state index contributed by atoms with van der Waals surface area (Å²) in [6, 6.07) is 0. The second-order valence-electron chi connectivity index (χ2n) is 9.48. The number of aromatic nitrogens is 8. The summed E-state index contributed by atoms with van der Waals surface area (Å²) in [6.45, 7) is 0. The maximum Gasteiger partial charge on any atom is 2.00 e. The van der Waals surface area contributed by atoms with Crippen LogP contribution in [0.3, 0.4) is 0 Å². The van der Waals surface area contributed by atoms with Gasteiger partial charge in [-0.25, -0.2) is 9.97 Å². The Morgan fingerprint density at radius 2 is 0.892 bits per heavy atom. The van der Waals surface area contributed by atoms with Gasteiger partial charge in [0.2, 0.25) is 0 Å². The van der Waals surface area contributed by atoms with Gasteiger partial charge in [0.1, 0.15) is 0 Å². The predicted molar refractivity (Wildman–Crippen MR) is 137 cm³/mol. The van der Waals surface area contributed by atoms with E-state index in [2.05, 4.69) is 48.6 Å². The third-order valence-corrected chi connectivity index (χ3v) is 7.46. The standard InChI is InChI=1S/C28H16N8.Cu/c1-5-13-14(6-1)22-29-21(13)33-23-15-7-2-9-17(15)25(30-23)35-27-19-11-4-12-20(19)28(32-27)36-26-18-10-3-8-16(18)24(31-26)34-22;/h1-5,7-8,11H,6,9-10,12H2;/q-2;+2. The fourth-order valence-electron chi connectivity index (χ4n) is 5.73. The number of allylic oxidation sites excluding steroid dienone is 10. The first-order valence-corrected chi connectivity index (χ1v) is 12.1. The molecule has 0 atom stereocenters. The molecule has 0 aromatic carbocycles. The summed E-state index contributed by atoms with van der Waals surface area (Å²) >= 11 is 0. The van der Waals surface area contributed by atoms with Crippen LogP contribution in [-0.2, 0) is 29.9 Å². The quantitative estimate of drug-likeness (QED) is 0.403. The molecule has 0 saturated heterocycles. The molecule has 37 heavy (non-hydrogen) atoms. The van der Waals surface area contributed by atoms with E-state index in [0.29, 0.717) is 45.9 Å². The Bertz CT molecular complexity index is 1940. The van der Waals surface area contributed by atoms with Gasteiger partial charge in [-0.3, -0.25) is 0 Å². The summed E-state index contributed by atoms with van der Waals surface area (Å²) in [5.41, 5.74) is 10.9. The fraction of sp³-hybridized carbons (Fsp3) is 0.143. The van der Waals surface area contributed by atoms with E-state index >= 15 is 0 Å². The molecule has 0 spiro atoms. The van der Waals surface area contributed by atoms with Crippen LogP contribution in [0.1, 0.15) is 58.4 Å². The molecule has 0 fully saturated rings. The average molecular weight is 528 g/mol. The number of hydrogen-bond donors (Lipinski definition) is 0. The molecule has 1 radical (unpaired) electrons. The monoisotopic (exact) mass is 527 g/mol. The van der Waals surface area contributed by atoms with Gasteiger partial charge in [-0.15, -0.1) is 0 Å². The number of rotatable bonds is 0. The second kappa shape index (κ2) is 7.41. The minimum atomic E-state index is 0. The molecule has 4 aliphatic carbocycles. The third kappa shape index (κ3) is 2.84. The molecule has 8 nitrogen and oxygen atoms in total. The summed E-state index contributed by atoms with van der Waals surface area (Å²) in [5, 5.41) is 0. The zero-order valence-electron chi connectivity index (χ0n) is 19.3. The molecule has 0 saturated carbocycles. The van der Waals surface area contributed by atoms with Crippen LogP contribution in [-0.4, -0.2) is 29.9 Å². The molecule has 3 aromatic heterocycles. The molecule has 5 heterocycles. The third-order valence-electron chi connectivity index (χ3n) is 7.46. The summed E-state index contributed by atoms with van der Waals surface area (Å²) in [6.07, 6.45) is 19.9. The molecule has 6 aliphatic rings. The molecule has 3 aromatic rings. The smallest absolute Gasteiger partial charge is 0.357 e. The van der Waals surface area contributed by atoms with E-state index in [9.17, 15) is 0 Å². The van der Waals surface area contributed by atoms with E-state index in [4.69, 9.17) is 39.9 Å². The molecular formula is C28H16CuN8. The van der Waals surface area contributed by atoms with Crippen molar-refractivity contribution in [1.82, 2.24) is 39.9 Å². The van der Waals surface area contributed by atoms with Gasteiger partial charge in [0.05, 0.1) is 23.3 Å². The molecule has 0 unspecified atom stereocenters. The largest absolute Gasteiger partial charge is 2.00 e. The van der Waals surface area contributed by atoms with Crippen molar-refractivity contribution in [3.63, 3.8) is 0 Å². The van der Waals surface area contributed by atoms with Crippen LogP contribution in [0.5, 0.6) is 0 Å². The summed E-state index contributed by atoms with van der Waals surface area (Å²) in [5.74, 6) is 2.62. The first-order chi connectivity index (χ1) is 17.8. The first-order valence-electron chi connectivity index (χ1n) is 12.1. The van der Waals surface area contributed by atoms with E-state index in [1.165, 1.54) is 0 Å². The normalized spacial score (nSPS) is 17.5. The molecule has 2 aliphatic heterocycles. The van der Waals surface area contributed by atoms with Gasteiger partial charge >= 0.3 is 17.1 Å². The topological polar surface area (TPSA) is 106 Å². The Hall–Kier alpha value is -4.20. The van der Waals surface area contributed by atoms with Gasteiger partial charge in [-0.2, -0.15) is 0 Å². The van der Waals surface area contributed by atoms with E-state index in [1.54, 1.807) is 0 Å². The van der Waals surface area contributed by atoms with Crippen LogP contribution < -0.4 is 9.97 Å². The molecule has 8 bridgehead atoms. The van der Waals surface area contributed by atoms with Crippen LogP contribution in [0.15, 0.2) is 36.5 Å². The van der Waals surface area contributed by atoms with E-state index in [0.717, 1.165) is 70.2 Å². The Labute approximate surface area is 221 Å². The zero-order chi connectivity index (χ0) is 23.4. The molecule has 0 amide bonds. The average Bonchev–Trinajstić information content (AvgIpc) is 3.67. The van der Waals surface area contributed by atoms with Crippen molar-refractivity contribution >= 4 is 57.0 Å². The maximum atomic E-state index is 4.95. The van der Waals surface area contributed by atoms with Crippen LogP contribution in [0.2, 0.25) is 0 Å². The van der Waals surface area contributed by atoms with E-state index in [1.807, 2.05) is 0 Å². The molecule has 9 rings (SSSR count). The van der Waals surface area contributed by atoms with Gasteiger partial charge in [0, 0.05) is 33.7 Å². The van der Waals surface area contributed by atoms with Crippen molar-refractivity contribution < 1.29 is 17.1 Å². The Morgan fingerprint density at radius 3 is 1.43 bits per heavy atom. The molecule has 9 heteroatoms. The van der Waals surface area contributed by atoms with Gasteiger partial charge in [-0.1, -0.05) is 48.6 Å². The van der Waals surface area contributed by atoms with Crippen LogP contribution in [0.25, 0.3) is 57.0 Å². The summed E-state index contributed by atoms with van der Waals surface area (Å²) in [7, 11) is 0. The molecular weight excluding hydrogens is 512 g/mol. The van der Waals surface area contributed by atoms with Crippen molar-refractivity contribution in [3.8, 4) is 0 Å². The minimum absolute atomic E-state index is 0. The second-order valence-corrected chi connectivity index (χ2v) is 9.48. The van der Waals surface area contributed by atoms with Crippen molar-refractivity contribution in [2.45, 2.75) is 25.7 Å². The zero-order valence-corrected chi connectivity index (χ0v) is 20.3. The minimum Gasteiger partial charge on any atom is -0.357 e. The predicted octanol–water partition coefficient (Wildman–Crippen LogP) is 4.03. The molecule has 0 N–H and O–H groups in total. The van der Waals surface area contributed by atoms with E-state index < -0.39 is 0 Å². The Kier molecular flexibility index (Phi) is 4.19. The van der Waals surface area contributed by atoms with E-state index in [-0.39, 0.29) is 17.1 Å². The summed E-state index contributed by atoms with van der Waals surface area (Å²) < 4.78 is 0.